The van der Waals surface area contributed by atoms with Crippen LogP contribution in [0.3, 0.4) is 0 Å². The molecule has 1 nitrogen and oxygen atoms in total. The number of rotatable bonds is 5. The highest BCUT2D eigenvalue weighted by Gasteiger charge is 2.51. The second-order valence-corrected chi connectivity index (χ2v) is 17.2. The predicted molar refractivity (Wildman–Crippen MR) is 251 cm³/mol. The van der Waals surface area contributed by atoms with Gasteiger partial charge in [0.05, 0.1) is 5.41 Å². The summed E-state index contributed by atoms with van der Waals surface area (Å²) in [7, 11) is 0. The SMILES string of the molecule is CC1(C)c2ccccc2-c2ccc(N(c3cc(C4=CC=CCC=C4)cc(-c4ccccc4)c3)c3ccc4c(c3)C3(c5ccccc5-c5ccccc53)c3ccccc3-4)cc21. The fourth-order valence-corrected chi connectivity index (χ4v) is 11.0. The van der Waals surface area contributed by atoms with Gasteiger partial charge in [-0.3, -0.25) is 0 Å². The van der Waals surface area contributed by atoms with Crippen molar-refractivity contribution >= 4 is 22.6 Å². The highest BCUT2D eigenvalue weighted by atomic mass is 15.1. The average Bonchev–Trinajstić information content (AvgIpc) is 3.71. The van der Waals surface area contributed by atoms with Crippen molar-refractivity contribution in [3.8, 4) is 44.5 Å². The molecule has 0 saturated heterocycles. The molecular weight excluding hydrogens is 723 g/mol. The maximum atomic E-state index is 2.52. The van der Waals surface area contributed by atoms with Gasteiger partial charge in [0.1, 0.15) is 0 Å². The molecule has 0 aromatic heterocycles. The molecule has 1 heteroatoms. The number of hydrogen-bond donors (Lipinski definition) is 0. The molecule has 284 valence electrons. The summed E-state index contributed by atoms with van der Waals surface area (Å²) < 4.78 is 0. The number of hydrogen-bond acceptors (Lipinski definition) is 1. The Kier molecular flexibility index (Phi) is 7.62. The van der Waals surface area contributed by atoms with Gasteiger partial charge in [-0.2, -0.15) is 0 Å². The molecule has 0 aliphatic heterocycles. The zero-order valence-corrected chi connectivity index (χ0v) is 33.9. The number of nitrogens with zero attached hydrogens (tertiary/aromatic N) is 1. The molecule has 1 spiro atoms. The number of benzene rings is 8. The first-order valence-corrected chi connectivity index (χ1v) is 21.2. The van der Waals surface area contributed by atoms with Crippen molar-refractivity contribution < 1.29 is 0 Å². The maximum Gasteiger partial charge on any atom is 0.0726 e. The van der Waals surface area contributed by atoms with Gasteiger partial charge in [-0.25, -0.2) is 0 Å². The molecule has 0 unspecified atom stereocenters. The zero-order chi connectivity index (χ0) is 40.0. The van der Waals surface area contributed by atoms with E-state index in [9.17, 15) is 0 Å². The Morgan fingerprint density at radius 1 is 0.383 bits per heavy atom. The highest BCUT2D eigenvalue weighted by Crippen LogP contribution is 2.63. The molecule has 8 aromatic rings. The first-order chi connectivity index (χ1) is 29.5. The Labute approximate surface area is 353 Å². The van der Waals surface area contributed by atoms with E-state index in [4.69, 9.17) is 0 Å². The van der Waals surface area contributed by atoms with E-state index in [0.29, 0.717) is 0 Å². The van der Waals surface area contributed by atoms with Crippen LogP contribution < -0.4 is 4.90 Å². The number of allylic oxidation sites excluding steroid dienone is 6. The van der Waals surface area contributed by atoms with Gasteiger partial charge in [-0.15, -0.1) is 0 Å². The van der Waals surface area contributed by atoms with Crippen LogP contribution in [0.5, 0.6) is 0 Å². The van der Waals surface area contributed by atoms with Crippen molar-refractivity contribution in [2.75, 3.05) is 4.90 Å². The van der Waals surface area contributed by atoms with Crippen molar-refractivity contribution in [3.63, 3.8) is 0 Å². The molecule has 0 heterocycles. The summed E-state index contributed by atoms with van der Waals surface area (Å²) in [5.41, 5.74) is 23.6. The first kappa shape index (κ1) is 34.8. The summed E-state index contributed by atoms with van der Waals surface area (Å²) in [5, 5.41) is 0. The van der Waals surface area contributed by atoms with Gasteiger partial charge >= 0.3 is 0 Å². The Bertz CT molecular complexity index is 3090. The highest BCUT2D eigenvalue weighted by molar-refractivity contribution is 5.97. The lowest BCUT2D eigenvalue weighted by Crippen LogP contribution is -2.26. The second-order valence-electron chi connectivity index (χ2n) is 17.2. The summed E-state index contributed by atoms with van der Waals surface area (Å²) in [6, 6.07) is 68.6. The molecule has 0 saturated carbocycles. The van der Waals surface area contributed by atoms with E-state index in [1.165, 1.54) is 89.0 Å². The van der Waals surface area contributed by atoms with Crippen molar-refractivity contribution in [1.29, 1.82) is 0 Å². The van der Waals surface area contributed by atoms with Crippen molar-refractivity contribution in [2.45, 2.75) is 31.1 Å². The monoisotopic (exact) mass is 765 g/mol. The molecule has 60 heavy (non-hydrogen) atoms. The summed E-state index contributed by atoms with van der Waals surface area (Å²) >= 11 is 0. The van der Waals surface area contributed by atoms with Crippen LogP contribution in [-0.4, -0.2) is 0 Å². The maximum absolute atomic E-state index is 2.52. The van der Waals surface area contributed by atoms with Gasteiger partial charge < -0.3 is 4.90 Å². The largest absolute Gasteiger partial charge is 0.310 e. The topological polar surface area (TPSA) is 3.24 Å². The molecule has 8 aromatic carbocycles. The smallest absolute Gasteiger partial charge is 0.0726 e. The van der Waals surface area contributed by atoms with Crippen LogP contribution in [0, 0.1) is 0 Å². The third-order valence-electron chi connectivity index (χ3n) is 13.7. The minimum absolute atomic E-state index is 0.145. The van der Waals surface area contributed by atoms with Crippen LogP contribution >= 0.6 is 0 Å². The minimum Gasteiger partial charge on any atom is -0.310 e. The van der Waals surface area contributed by atoms with E-state index in [-0.39, 0.29) is 5.41 Å². The molecule has 12 rings (SSSR count). The van der Waals surface area contributed by atoms with Crippen LogP contribution in [0.4, 0.5) is 17.1 Å². The predicted octanol–water partition coefficient (Wildman–Crippen LogP) is 15.4. The van der Waals surface area contributed by atoms with Crippen LogP contribution in [0.2, 0.25) is 0 Å². The summed E-state index contributed by atoms with van der Waals surface area (Å²) in [5.74, 6) is 0. The van der Waals surface area contributed by atoms with E-state index >= 15 is 0 Å². The Morgan fingerprint density at radius 3 is 1.52 bits per heavy atom. The molecule has 0 fully saturated rings. The molecule has 0 atom stereocenters. The minimum atomic E-state index is -0.443. The Morgan fingerprint density at radius 2 is 0.883 bits per heavy atom. The van der Waals surface area contributed by atoms with E-state index in [1.807, 2.05) is 0 Å². The number of anilines is 3. The lowest BCUT2D eigenvalue weighted by molar-refractivity contribution is 0.660. The molecule has 0 N–H and O–H groups in total. The van der Waals surface area contributed by atoms with E-state index in [0.717, 1.165) is 23.5 Å². The zero-order valence-electron chi connectivity index (χ0n) is 33.9. The normalized spacial score (nSPS) is 15.3. The van der Waals surface area contributed by atoms with Crippen LogP contribution in [0.15, 0.2) is 212 Å². The average molecular weight is 766 g/mol. The molecule has 4 aliphatic carbocycles. The third-order valence-corrected chi connectivity index (χ3v) is 13.7. The first-order valence-electron chi connectivity index (χ1n) is 21.2. The molecule has 0 bridgehead atoms. The van der Waals surface area contributed by atoms with Gasteiger partial charge in [0.2, 0.25) is 0 Å². The van der Waals surface area contributed by atoms with Gasteiger partial charge in [-0.1, -0.05) is 184 Å². The molecular formula is C59H43N. The fourth-order valence-electron chi connectivity index (χ4n) is 11.0. The van der Waals surface area contributed by atoms with E-state index in [2.05, 4.69) is 231 Å². The van der Waals surface area contributed by atoms with Crippen molar-refractivity contribution in [1.82, 2.24) is 0 Å². The van der Waals surface area contributed by atoms with Crippen LogP contribution in [0.25, 0.3) is 50.1 Å². The van der Waals surface area contributed by atoms with Crippen molar-refractivity contribution in [3.05, 3.63) is 251 Å². The lowest BCUT2D eigenvalue weighted by atomic mass is 9.70. The van der Waals surface area contributed by atoms with Gasteiger partial charge in [0, 0.05) is 22.5 Å². The fraction of sp³-hybridized carbons (Fsp3) is 0.0847. The summed E-state index contributed by atoms with van der Waals surface area (Å²) in [4.78, 5) is 2.52. The van der Waals surface area contributed by atoms with E-state index < -0.39 is 5.41 Å². The quantitative estimate of drug-likeness (QED) is 0.169. The number of fused-ring (bicyclic) bond motifs is 13. The molecule has 0 amide bonds. The molecule has 4 aliphatic rings. The van der Waals surface area contributed by atoms with Crippen LogP contribution in [0.1, 0.15) is 59.2 Å². The Hall–Kier alpha value is -7.22. The van der Waals surface area contributed by atoms with Gasteiger partial charge in [0.15, 0.2) is 0 Å². The summed E-state index contributed by atoms with van der Waals surface area (Å²) in [6.45, 7) is 4.76. The van der Waals surface area contributed by atoms with Gasteiger partial charge in [0.25, 0.3) is 0 Å². The Balaban J connectivity index is 1.14. The van der Waals surface area contributed by atoms with E-state index in [1.54, 1.807) is 0 Å². The summed E-state index contributed by atoms with van der Waals surface area (Å²) in [6.07, 6.45) is 12.1. The second kappa shape index (κ2) is 13.1. The third kappa shape index (κ3) is 4.93. The molecule has 0 radical (unpaired) electrons. The van der Waals surface area contributed by atoms with Gasteiger partial charge in [-0.05, 0) is 138 Å². The lowest BCUT2D eigenvalue weighted by Gasteiger charge is -2.33. The standard InChI is InChI=1S/C59H43N/c1-58(2)52-26-14-10-22-46(52)50-32-30-43(37-56(50)58)60(45-35-41(39-18-6-3-4-7-19-39)34-42(36-45)40-20-8-5-9-21-40)44-31-33-51-49-25-13-17-29-55(49)59(57(51)38-44)53-27-15-11-23-47(53)48-24-12-16-28-54(48)59/h3,5-38H,4H2,1-2H3. The van der Waals surface area contributed by atoms with Crippen molar-refractivity contribution in [2.24, 2.45) is 0 Å². The van der Waals surface area contributed by atoms with Crippen LogP contribution in [-0.2, 0) is 10.8 Å².